The highest BCUT2D eigenvalue weighted by atomic mass is 79.9. The van der Waals surface area contributed by atoms with E-state index in [2.05, 4.69) is 15.9 Å². The Bertz CT molecular complexity index is 334. The van der Waals surface area contributed by atoms with E-state index in [1.807, 2.05) is 38.1 Å². The lowest BCUT2D eigenvalue weighted by atomic mass is 9.89. The van der Waals surface area contributed by atoms with Crippen LogP contribution in [0.15, 0.2) is 28.7 Å². The molecule has 0 aliphatic carbocycles. The molecule has 2 nitrogen and oxygen atoms in total. The van der Waals surface area contributed by atoms with Crippen molar-refractivity contribution in [3.63, 3.8) is 0 Å². The number of halogens is 1. The molecule has 0 saturated heterocycles. The van der Waals surface area contributed by atoms with Gasteiger partial charge < -0.3 is 5.11 Å². The summed E-state index contributed by atoms with van der Waals surface area (Å²) < 4.78 is 0.862. The van der Waals surface area contributed by atoms with Crippen molar-refractivity contribution in [1.82, 2.24) is 0 Å². The van der Waals surface area contributed by atoms with Crippen LogP contribution in [-0.2, 0) is 4.79 Å². The Kier molecular flexibility index (Phi) is 3.69. The maximum Gasteiger partial charge on any atom is 0.311 e. The molecule has 3 heteroatoms. The molecule has 0 aliphatic rings. The Morgan fingerprint density at radius 3 is 2.36 bits per heavy atom. The summed E-state index contributed by atoms with van der Waals surface area (Å²) in [6.07, 6.45) is 0. The van der Waals surface area contributed by atoms with Crippen LogP contribution in [0.5, 0.6) is 0 Å². The molecule has 0 aliphatic heterocycles. The van der Waals surface area contributed by atoms with Gasteiger partial charge in [-0.2, -0.15) is 0 Å². The smallest absolute Gasteiger partial charge is 0.311 e. The van der Waals surface area contributed by atoms with E-state index in [0.29, 0.717) is 0 Å². The van der Waals surface area contributed by atoms with E-state index in [1.54, 1.807) is 0 Å². The summed E-state index contributed by atoms with van der Waals surface area (Å²) in [6, 6.07) is 7.46. The van der Waals surface area contributed by atoms with E-state index in [-0.39, 0.29) is 5.92 Å². The quantitative estimate of drug-likeness (QED) is 0.902. The minimum Gasteiger partial charge on any atom is -0.481 e. The summed E-state index contributed by atoms with van der Waals surface area (Å²) in [6.45, 7) is 3.83. The van der Waals surface area contributed by atoms with Crippen LogP contribution >= 0.6 is 15.9 Å². The molecular formula is C11H13BrO2. The number of hydrogen-bond donors (Lipinski definition) is 1. The van der Waals surface area contributed by atoms with E-state index in [4.69, 9.17) is 5.11 Å². The molecule has 0 saturated carbocycles. The highest BCUT2D eigenvalue weighted by Crippen LogP contribution is 2.30. The van der Waals surface area contributed by atoms with Crippen LogP contribution in [0, 0.1) is 5.92 Å². The van der Waals surface area contributed by atoms with Crippen molar-refractivity contribution < 1.29 is 9.90 Å². The second kappa shape index (κ2) is 4.60. The molecule has 0 bridgehead atoms. The van der Waals surface area contributed by atoms with Gasteiger partial charge in [-0.05, 0) is 17.5 Å². The Morgan fingerprint density at radius 1 is 1.36 bits per heavy atom. The van der Waals surface area contributed by atoms with Crippen LogP contribution in [0.2, 0.25) is 0 Å². The zero-order valence-electron chi connectivity index (χ0n) is 8.20. The van der Waals surface area contributed by atoms with E-state index < -0.39 is 11.9 Å². The maximum atomic E-state index is 11.1. The Balaban J connectivity index is 3.12. The summed E-state index contributed by atoms with van der Waals surface area (Å²) in [7, 11) is 0. The summed E-state index contributed by atoms with van der Waals surface area (Å²) >= 11 is 3.37. The average Bonchev–Trinajstić information content (AvgIpc) is 2.07. The number of carboxylic acid groups (broad SMARTS) is 1. The Morgan fingerprint density at radius 2 is 1.93 bits per heavy atom. The fraction of sp³-hybridized carbons (Fsp3) is 0.364. The van der Waals surface area contributed by atoms with Crippen molar-refractivity contribution in [3.8, 4) is 0 Å². The highest BCUT2D eigenvalue weighted by Gasteiger charge is 2.24. The molecule has 14 heavy (non-hydrogen) atoms. The van der Waals surface area contributed by atoms with Gasteiger partial charge in [0, 0.05) is 4.47 Å². The molecule has 76 valence electrons. The van der Waals surface area contributed by atoms with Crippen molar-refractivity contribution in [2.75, 3.05) is 0 Å². The molecule has 0 amide bonds. The van der Waals surface area contributed by atoms with Gasteiger partial charge in [-0.25, -0.2) is 0 Å². The molecule has 1 aromatic rings. The van der Waals surface area contributed by atoms with Crippen LogP contribution < -0.4 is 0 Å². The maximum absolute atomic E-state index is 11.1. The van der Waals surface area contributed by atoms with Crippen LogP contribution in [0.4, 0.5) is 0 Å². The lowest BCUT2D eigenvalue weighted by Crippen LogP contribution is -2.17. The predicted octanol–water partition coefficient (Wildman–Crippen LogP) is 3.27. The molecule has 0 spiro atoms. The first-order chi connectivity index (χ1) is 6.54. The highest BCUT2D eigenvalue weighted by molar-refractivity contribution is 9.10. The molecule has 0 fully saturated rings. The SMILES string of the molecule is CC(C)C(C(=O)O)c1ccccc1Br. The average molecular weight is 257 g/mol. The number of carboxylic acids is 1. The fourth-order valence-corrected chi connectivity index (χ4v) is 2.04. The third kappa shape index (κ3) is 2.35. The lowest BCUT2D eigenvalue weighted by molar-refractivity contribution is -0.139. The van der Waals surface area contributed by atoms with E-state index >= 15 is 0 Å². The molecule has 1 unspecified atom stereocenters. The van der Waals surface area contributed by atoms with E-state index in [0.717, 1.165) is 10.0 Å². The summed E-state index contributed by atoms with van der Waals surface area (Å²) in [5, 5.41) is 9.10. The first-order valence-electron chi connectivity index (χ1n) is 4.51. The summed E-state index contributed by atoms with van der Waals surface area (Å²) in [5.41, 5.74) is 0.843. The molecular weight excluding hydrogens is 244 g/mol. The second-order valence-corrected chi connectivity index (χ2v) is 4.44. The van der Waals surface area contributed by atoms with Crippen molar-refractivity contribution in [1.29, 1.82) is 0 Å². The van der Waals surface area contributed by atoms with Crippen molar-refractivity contribution >= 4 is 21.9 Å². The van der Waals surface area contributed by atoms with Gasteiger partial charge in [0.2, 0.25) is 0 Å². The lowest BCUT2D eigenvalue weighted by Gasteiger charge is -2.17. The van der Waals surface area contributed by atoms with Gasteiger partial charge >= 0.3 is 5.97 Å². The van der Waals surface area contributed by atoms with E-state index in [9.17, 15) is 4.79 Å². The number of hydrogen-bond acceptors (Lipinski definition) is 1. The van der Waals surface area contributed by atoms with Gasteiger partial charge in [-0.3, -0.25) is 4.79 Å². The monoisotopic (exact) mass is 256 g/mol. The summed E-state index contributed by atoms with van der Waals surface area (Å²) in [5.74, 6) is -1.12. The largest absolute Gasteiger partial charge is 0.481 e. The van der Waals surface area contributed by atoms with Crippen LogP contribution in [0.25, 0.3) is 0 Å². The zero-order valence-corrected chi connectivity index (χ0v) is 9.78. The third-order valence-electron chi connectivity index (χ3n) is 2.17. The molecule has 0 radical (unpaired) electrons. The minimum absolute atomic E-state index is 0.0891. The first kappa shape index (κ1) is 11.2. The molecule has 1 N–H and O–H groups in total. The van der Waals surface area contributed by atoms with Gasteiger partial charge in [0.1, 0.15) is 0 Å². The predicted molar refractivity (Wildman–Crippen MR) is 59.4 cm³/mol. The van der Waals surface area contributed by atoms with Gasteiger partial charge in [-0.1, -0.05) is 48.0 Å². The number of rotatable bonds is 3. The topological polar surface area (TPSA) is 37.3 Å². The Labute approximate surface area is 92.1 Å². The normalized spacial score (nSPS) is 12.9. The third-order valence-corrected chi connectivity index (χ3v) is 2.90. The van der Waals surface area contributed by atoms with Crippen LogP contribution in [0.3, 0.4) is 0 Å². The van der Waals surface area contributed by atoms with Gasteiger partial charge in [0.05, 0.1) is 5.92 Å². The molecule has 0 heterocycles. The second-order valence-electron chi connectivity index (χ2n) is 3.58. The fourth-order valence-electron chi connectivity index (χ4n) is 1.50. The van der Waals surface area contributed by atoms with E-state index in [1.165, 1.54) is 0 Å². The molecule has 0 aromatic heterocycles. The number of carbonyl (C=O) groups is 1. The number of aliphatic carboxylic acids is 1. The minimum atomic E-state index is -0.771. The zero-order chi connectivity index (χ0) is 10.7. The van der Waals surface area contributed by atoms with Gasteiger partial charge in [-0.15, -0.1) is 0 Å². The molecule has 1 aromatic carbocycles. The van der Waals surface area contributed by atoms with Gasteiger partial charge in [0.25, 0.3) is 0 Å². The standard InChI is InChI=1S/C11H13BrO2/c1-7(2)10(11(13)14)8-5-3-4-6-9(8)12/h3-7,10H,1-2H3,(H,13,14). The molecule has 1 rings (SSSR count). The first-order valence-corrected chi connectivity index (χ1v) is 5.30. The van der Waals surface area contributed by atoms with Gasteiger partial charge in [0.15, 0.2) is 0 Å². The van der Waals surface area contributed by atoms with Crippen LogP contribution in [-0.4, -0.2) is 11.1 Å². The number of benzene rings is 1. The van der Waals surface area contributed by atoms with Crippen molar-refractivity contribution in [3.05, 3.63) is 34.3 Å². The Hall–Kier alpha value is -0.830. The molecule has 1 atom stereocenters. The van der Waals surface area contributed by atoms with Crippen molar-refractivity contribution in [2.24, 2.45) is 5.92 Å². The van der Waals surface area contributed by atoms with Crippen molar-refractivity contribution in [2.45, 2.75) is 19.8 Å². The van der Waals surface area contributed by atoms with Crippen LogP contribution in [0.1, 0.15) is 25.3 Å². The summed E-state index contributed by atoms with van der Waals surface area (Å²) in [4.78, 5) is 11.1.